The van der Waals surface area contributed by atoms with Gasteiger partial charge in [0, 0.05) is 18.1 Å². The van der Waals surface area contributed by atoms with Gasteiger partial charge in [-0.1, -0.05) is 43.0 Å². The molecular weight excluding hydrogens is 428 g/mol. The summed E-state index contributed by atoms with van der Waals surface area (Å²) >= 11 is 2.96. The van der Waals surface area contributed by atoms with E-state index in [0.29, 0.717) is 16.0 Å². The summed E-state index contributed by atoms with van der Waals surface area (Å²) in [6, 6.07) is 16.0. The van der Waals surface area contributed by atoms with E-state index in [1.54, 1.807) is 16.5 Å². The summed E-state index contributed by atoms with van der Waals surface area (Å²) in [6.07, 6.45) is 0.959. The highest BCUT2D eigenvalue weighted by Gasteiger charge is 2.18. The molecular formula is C22H22N6OS2. The second-order valence-corrected chi connectivity index (χ2v) is 8.78. The van der Waals surface area contributed by atoms with Gasteiger partial charge in [0.1, 0.15) is 0 Å². The van der Waals surface area contributed by atoms with Crippen LogP contribution in [0, 0.1) is 6.92 Å². The van der Waals surface area contributed by atoms with E-state index in [4.69, 9.17) is 4.98 Å². The molecule has 0 aliphatic rings. The third kappa shape index (κ3) is 4.83. The number of thioether (sulfide) groups is 1. The zero-order chi connectivity index (χ0) is 21.8. The van der Waals surface area contributed by atoms with Crippen LogP contribution < -0.4 is 4.90 Å². The Morgan fingerprint density at radius 3 is 2.71 bits per heavy atom. The minimum Gasteiger partial charge on any atom is -0.274 e. The molecule has 0 bridgehead atoms. The smallest absolute Gasteiger partial charge is 0.230 e. The van der Waals surface area contributed by atoms with Crippen LogP contribution in [-0.2, 0) is 17.0 Å². The molecule has 0 fully saturated rings. The van der Waals surface area contributed by atoms with E-state index in [1.807, 2.05) is 60.8 Å². The van der Waals surface area contributed by atoms with Gasteiger partial charge in [-0.25, -0.2) is 4.98 Å². The molecule has 0 saturated carbocycles. The second-order valence-electron chi connectivity index (χ2n) is 7.00. The largest absolute Gasteiger partial charge is 0.274 e. The molecule has 0 aliphatic carbocycles. The topological polar surface area (TPSA) is 76.8 Å². The molecule has 2 aromatic carbocycles. The highest BCUT2D eigenvalue weighted by molar-refractivity contribution is 7.98. The molecule has 1 amide bonds. The van der Waals surface area contributed by atoms with Crippen molar-refractivity contribution in [1.82, 2.24) is 25.2 Å². The maximum absolute atomic E-state index is 12.3. The van der Waals surface area contributed by atoms with Crippen molar-refractivity contribution in [3.8, 4) is 5.69 Å². The normalized spacial score (nSPS) is 10.9. The van der Waals surface area contributed by atoms with Crippen molar-refractivity contribution in [1.29, 1.82) is 0 Å². The minimum absolute atomic E-state index is 0.0683. The molecule has 7 nitrogen and oxygen atoms in total. The van der Waals surface area contributed by atoms with Gasteiger partial charge < -0.3 is 0 Å². The van der Waals surface area contributed by atoms with Gasteiger partial charge in [-0.2, -0.15) is 4.68 Å². The fourth-order valence-corrected chi connectivity index (χ4v) is 4.88. The molecule has 4 rings (SSSR count). The molecule has 0 N–H and O–H groups in total. The van der Waals surface area contributed by atoms with Gasteiger partial charge in [-0.05, 0) is 59.2 Å². The van der Waals surface area contributed by atoms with Crippen LogP contribution >= 0.6 is 23.1 Å². The van der Waals surface area contributed by atoms with E-state index < -0.39 is 0 Å². The van der Waals surface area contributed by atoms with E-state index in [0.717, 1.165) is 29.1 Å². The molecule has 2 heterocycles. The molecule has 0 atom stereocenters. The summed E-state index contributed by atoms with van der Waals surface area (Å²) in [4.78, 5) is 18.7. The summed E-state index contributed by atoms with van der Waals surface area (Å²) in [7, 11) is 0. The molecule has 0 radical (unpaired) electrons. The average molecular weight is 451 g/mol. The van der Waals surface area contributed by atoms with Crippen molar-refractivity contribution in [2.75, 3.05) is 4.90 Å². The molecule has 31 heavy (non-hydrogen) atoms. The number of carbonyl (C=O) groups is 1. The lowest BCUT2D eigenvalue weighted by Gasteiger charge is -2.18. The molecule has 0 unspecified atom stereocenters. The van der Waals surface area contributed by atoms with Crippen molar-refractivity contribution in [3.05, 3.63) is 70.7 Å². The Labute approximate surface area is 189 Å². The fraction of sp³-hybridized carbons (Fsp3) is 0.227. The predicted octanol–water partition coefficient (Wildman–Crippen LogP) is 4.97. The third-order valence-corrected chi connectivity index (χ3v) is 6.51. The van der Waals surface area contributed by atoms with E-state index in [2.05, 4.69) is 22.4 Å². The van der Waals surface area contributed by atoms with Crippen LogP contribution in [0.15, 0.2) is 59.1 Å². The van der Waals surface area contributed by atoms with Crippen molar-refractivity contribution in [2.45, 2.75) is 38.1 Å². The van der Waals surface area contributed by atoms with Crippen molar-refractivity contribution < 1.29 is 4.79 Å². The van der Waals surface area contributed by atoms with E-state index in [9.17, 15) is 4.79 Å². The summed E-state index contributed by atoms with van der Waals surface area (Å²) < 4.78 is 1.72. The minimum atomic E-state index is -0.0683. The summed E-state index contributed by atoms with van der Waals surface area (Å²) in [5.74, 6) is 0.532. The van der Waals surface area contributed by atoms with Crippen LogP contribution in [0.25, 0.3) is 5.69 Å². The van der Waals surface area contributed by atoms with Gasteiger partial charge >= 0.3 is 0 Å². The van der Waals surface area contributed by atoms with Gasteiger partial charge in [0.05, 0.1) is 17.1 Å². The SMILES string of the molecule is CCc1ccc(N(C(C)=O)c2nc(CSc3nnnn3-c3cccc(C)c3)cs2)cc1. The standard InChI is InChI=1S/C22H22N6OS2/c1-4-17-8-10-19(11-9-17)27(16(3)29)21-23-18(13-30-21)14-31-22-24-25-26-28(22)20-7-5-6-15(2)12-20/h5-13H,4,14H2,1-3H3. The van der Waals surface area contributed by atoms with Gasteiger partial charge in [0.25, 0.3) is 0 Å². The van der Waals surface area contributed by atoms with E-state index in [1.165, 1.54) is 28.7 Å². The number of rotatable bonds is 7. The molecule has 0 saturated heterocycles. The van der Waals surface area contributed by atoms with Gasteiger partial charge in [-0.15, -0.1) is 16.4 Å². The first-order chi connectivity index (χ1) is 15.0. The number of tetrazole rings is 1. The Morgan fingerprint density at radius 1 is 1.19 bits per heavy atom. The number of hydrogen-bond acceptors (Lipinski definition) is 7. The number of aromatic nitrogens is 5. The van der Waals surface area contributed by atoms with Crippen molar-refractivity contribution in [2.24, 2.45) is 0 Å². The molecule has 9 heteroatoms. The number of benzene rings is 2. The number of amides is 1. The number of nitrogens with zero attached hydrogens (tertiary/aromatic N) is 6. The van der Waals surface area contributed by atoms with Crippen LogP contribution in [0.4, 0.5) is 10.8 Å². The molecule has 0 spiro atoms. The first kappa shape index (κ1) is 21.2. The number of carbonyl (C=O) groups excluding carboxylic acids is 1. The van der Waals surface area contributed by atoms with Crippen LogP contribution in [0.2, 0.25) is 0 Å². The van der Waals surface area contributed by atoms with Gasteiger partial charge in [0.2, 0.25) is 11.1 Å². The van der Waals surface area contributed by atoms with Crippen LogP contribution in [0.1, 0.15) is 30.7 Å². The zero-order valence-electron chi connectivity index (χ0n) is 17.5. The highest BCUT2D eigenvalue weighted by atomic mass is 32.2. The van der Waals surface area contributed by atoms with Gasteiger partial charge in [0.15, 0.2) is 5.13 Å². The fourth-order valence-electron chi connectivity index (χ4n) is 3.10. The lowest BCUT2D eigenvalue weighted by molar-refractivity contribution is -0.115. The summed E-state index contributed by atoms with van der Waals surface area (Å²) in [5, 5.41) is 15.4. The number of anilines is 2. The van der Waals surface area contributed by atoms with Crippen LogP contribution in [-0.4, -0.2) is 31.1 Å². The molecule has 0 aliphatic heterocycles. The lowest BCUT2D eigenvalue weighted by Crippen LogP contribution is -2.22. The number of aryl methyl sites for hydroxylation is 2. The second kappa shape index (κ2) is 9.40. The maximum atomic E-state index is 12.3. The summed E-state index contributed by atoms with van der Waals surface area (Å²) in [6.45, 7) is 5.70. The lowest BCUT2D eigenvalue weighted by atomic mass is 10.1. The van der Waals surface area contributed by atoms with Crippen molar-refractivity contribution >= 4 is 39.8 Å². The first-order valence-electron chi connectivity index (χ1n) is 9.87. The third-order valence-electron chi connectivity index (χ3n) is 4.68. The first-order valence-corrected chi connectivity index (χ1v) is 11.7. The van der Waals surface area contributed by atoms with Crippen LogP contribution in [0.5, 0.6) is 0 Å². The maximum Gasteiger partial charge on any atom is 0.230 e. The quantitative estimate of drug-likeness (QED) is 0.370. The monoisotopic (exact) mass is 450 g/mol. The Hall–Kier alpha value is -3.04. The predicted molar refractivity (Wildman–Crippen MR) is 124 cm³/mol. The summed E-state index contributed by atoms with van der Waals surface area (Å²) in [5.41, 5.74) is 4.99. The van der Waals surface area contributed by atoms with Crippen LogP contribution in [0.3, 0.4) is 0 Å². The molecule has 158 valence electrons. The number of thiazole rings is 1. The Morgan fingerprint density at radius 2 is 2.00 bits per heavy atom. The van der Waals surface area contributed by atoms with Crippen molar-refractivity contribution in [3.63, 3.8) is 0 Å². The highest BCUT2D eigenvalue weighted by Crippen LogP contribution is 2.31. The number of hydrogen-bond donors (Lipinski definition) is 0. The Kier molecular flexibility index (Phi) is 6.43. The molecule has 4 aromatic rings. The Balaban J connectivity index is 1.50. The van der Waals surface area contributed by atoms with E-state index >= 15 is 0 Å². The van der Waals surface area contributed by atoms with Gasteiger partial charge in [-0.3, -0.25) is 9.69 Å². The average Bonchev–Trinajstić information content (AvgIpc) is 3.42. The molecule has 2 aromatic heterocycles. The zero-order valence-corrected chi connectivity index (χ0v) is 19.2. The van der Waals surface area contributed by atoms with E-state index in [-0.39, 0.29) is 5.91 Å². The Bertz CT molecular complexity index is 1180.